The molecule has 1 saturated heterocycles. The maximum absolute atomic E-state index is 12.3. The van der Waals surface area contributed by atoms with Gasteiger partial charge in [-0.2, -0.15) is 0 Å². The first-order valence-electron chi connectivity index (χ1n) is 7.52. The third-order valence-electron chi connectivity index (χ3n) is 4.34. The lowest BCUT2D eigenvalue weighted by Crippen LogP contribution is -2.46. The van der Waals surface area contributed by atoms with E-state index in [1.54, 1.807) is 16.2 Å². The van der Waals surface area contributed by atoms with Crippen LogP contribution in [0.4, 0.5) is 4.79 Å². The SMILES string of the molecule is CC(NC(=O)N1CCC(C(=O)O)C1)C1OCCc2sccc21. The van der Waals surface area contributed by atoms with Gasteiger partial charge in [0, 0.05) is 24.4 Å². The van der Waals surface area contributed by atoms with Gasteiger partial charge in [-0.3, -0.25) is 4.79 Å². The molecule has 0 radical (unpaired) electrons. The van der Waals surface area contributed by atoms with Crippen molar-refractivity contribution in [3.63, 3.8) is 0 Å². The number of carboxylic acids is 1. The molecule has 7 heteroatoms. The van der Waals surface area contributed by atoms with Crippen molar-refractivity contribution in [3.8, 4) is 0 Å². The van der Waals surface area contributed by atoms with Crippen molar-refractivity contribution < 1.29 is 19.4 Å². The second-order valence-corrected chi connectivity index (χ2v) is 6.85. The number of rotatable bonds is 3. The minimum absolute atomic E-state index is 0.128. The highest BCUT2D eigenvalue weighted by molar-refractivity contribution is 7.10. The van der Waals surface area contributed by atoms with Crippen LogP contribution >= 0.6 is 11.3 Å². The lowest BCUT2D eigenvalue weighted by atomic mass is 10.0. The Kier molecular flexibility index (Phi) is 4.35. The van der Waals surface area contributed by atoms with Gasteiger partial charge in [0.1, 0.15) is 6.10 Å². The van der Waals surface area contributed by atoms with Crippen molar-refractivity contribution >= 4 is 23.3 Å². The Morgan fingerprint density at radius 3 is 3.09 bits per heavy atom. The number of likely N-dealkylation sites (tertiary alicyclic amines) is 1. The molecule has 1 aromatic rings. The summed E-state index contributed by atoms with van der Waals surface area (Å²) in [6.45, 7) is 3.37. The van der Waals surface area contributed by atoms with Crippen LogP contribution in [0.15, 0.2) is 11.4 Å². The number of fused-ring (bicyclic) bond motifs is 1. The van der Waals surface area contributed by atoms with E-state index >= 15 is 0 Å². The lowest BCUT2D eigenvalue weighted by molar-refractivity contribution is -0.141. The van der Waals surface area contributed by atoms with Crippen LogP contribution in [0.3, 0.4) is 0 Å². The molecule has 2 amide bonds. The maximum Gasteiger partial charge on any atom is 0.317 e. The van der Waals surface area contributed by atoms with Gasteiger partial charge in [-0.25, -0.2) is 4.79 Å². The minimum atomic E-state index is -0.832. The number of ether oxygens (including phenoxy) is 1. The summed E-state index contributed by atoms with van der Waals surface area (Å²) in [4.78, 5) is 26.2. The molecule has 2 N–H and O–H groups in total. The smallest absolute Gasteiger partial charge is 0.317 e. The maximum atomic E-state index is 12.3. The zero-order chi connectivity index (χ0) is 15.7. The van der Waals surface area contributed by atoms with Crippen molar-refractivity contribution in [2.24, 2.45) is 5.92 Å². The van der Waals surface area contributed by atoms with Crippen LogP contribution in [0, 0.1) is 5.92 Å². The average Bonchev–Trinajstić information content (AvgIpc) is 3.15. The van der Waals surface area contributed by atoms with Gasteiger partial charge in [0.05, 0.1) is 18.6 Å². The van der Waals surface area contributed by atoms with Crippen molar-refractivity contribution in [1.82, 2.24) is 10.2 Å². The molecule has 3 heterocycles. The molecule has 6 nitrogen and oxygen atoms in total. The highest BCUT2D eigenvalue weighted by Gasteiger charge is 2.33. The first-order chi connectivity index (χ1) is 10.6. The van der Waals surface area contributed by atoms with Gasteiger partial charge in [0.15, 0.2) is 0 Å². The van der Waals surface area contributed by atoms with Gasteiger partial charge in [-0.05, 0) is 30.4 Å². The predicted molar refractivity (Wildman–Crippen MR) is 82.0 cm³/mol. The van der Waals surface area contributed by atoms with E-state index in [4.69, 9.17) is 9.84 Å². The van der Waals surface area contributed by atoms with Gasteiger partial charge in [-0.15, -0.1) is 11.3 Å². The Bertz CT molecular complexity index is 574. The molecular formula is C15H20N2O4S. The highest BCUT2D eigenvalue weighted by Crippen LogP contribution is 2.33. The summed E-state index contributed by atoms with van der Waals surface area (Å²) in [6, 6.07) is 1.70. The van der Waals surface area contributed by atoms with Crippen molar-refractivity contribution in [3.05, 3.63) is 21.9 Å². The second-order valence-electron chi connectivity index (χ2n) is 5.85. The standard InChI is InChI=1S/C15H20N2O4S/c1-9(13-11-4-7-22-12(11)3-6-21-13)16-15(20)17-5-2-10(8-17)14(18)19/h4,7,9-10,13H,2-3,5-6,8H2,1H3,(H,16,20)(H,18,19). The van der Waals surface area contributed by atoms with E-state index in [9.17, 15) is 9.59 Å². The number of nitrogens with one attached hydrogen (secondary N) is 1. The molecule has 0 aliphatic carbocycles. The Hall–Kier alpha value is -1.60. The number of carbonyl (C=O) groups excluding carboxylic acids is 1. The molecule has 3 atom stereocenters. The normalized spacial score (nSPS) is 25.6. The van der Waals surface area contributed by atoms with Crippen LogP contribution in [0.1, 0.15) is 29.9 Å². The van der Waals surface area contributed by atoms with Crippen LogP contribution in [-0.2, 0) is 16.0 Å². The monoisotopic (exact) mass is 324 g/mol. The largest absolute Gasteiger partial charge is 0.481 e. The van der Waals surface area contributed by atoms with Gasteiger partial charge in [0.25, 0.3) is 0 Å². The number of carboxylic acid groups (broad SMARTS) is 1. The van der Waals surface area contributed by atoms with Crippen LogP contribution in [-0.4, -0.2) is 47.7 Å². The molecule has 3 unspecified atom stereocenters. The van der Waals surface area contributed by atoms with E-state index in [-0.39, 0.29) is 24.7 Å². The van der Waals surface area contributed by atoms with E-state index in [1.807, 2.05) is 6.92 Å². The zero-order valence-corrected chi connectivity index (χ0v) is 13.3. The fraction of sp³-hybridized carbons (Fsp3) is 0.600. The Morgan fingerprint density at radius 1 is 1.55 bits per heavy atom. The van der Waals surface area contributed by atoms with E-state index in [0.29, 0.717) is 19.6 Å². The van der Waals surface area contributed by atoms with Gasteiger partial charge in [-0.1, -0.05) is 0 Å². The van der Waals surface area contributed by atoms with Crippen LogP contribution in [0.5, 0.6) is 0 Å². The second kappa shape index (κ2) is 6.26. The Morgan fingerprint density at radius 2 is 2.36 bits per heavy atom. The third kappa shape index (κ3) is 2.96. The Labute approximate surface area is 133 Å². The van der Waals surface area contributed by atoms with Crippen LogP contribution < -0.4 is 5.32 Å². The fourth-order valence-corrected chi connectivity index (χ4v) is 4.00. The van der Waals surface area contributed by atoms with E-state index in [2.05, 4.69) is 16.8 Å². The topological polar surface area (TPSA) is 78.9 Å². The number of hydrogen-bond acceptors (Lipinski definition) is 4. The molecule has 1 fully saturated rings. The lowest BCUT2D eigenvalue weighted by Gasteiger charge is -2.30. The molecular weight excluding hydrogens is 304 g/mol. The third-order valence-corrected chi connectivity index (χ3v) is 5.34. The molecule has 0 spiro atoms. The fourth-order valence-electron chi connectivity index (χ4n) is 3.10. The number of aliphatic carboxylic acids is 1. The summed E-state index contributed by atoms with van der Waals surface area (Å²) in [6.07, 6.45) is 1.32. The zero-order valence-electron chi connectivity index (χ0n) is 12.4. The number of thiophene rings is 1. The first-order valence-corrected chi connectivity index (χ1v) is 8.40. The summed E-state index contributed by atoms with van der Waals surface area (Å²) >= 11 is 1.73. The molecule has 0 saturated carbocycles. The first kappa shape index (κ1) is 15.3. The number of urea groups is 1. The van der Waals surface area contributed by atoms with Gasteiger partial charge < -0.3 is 20.1 Å². The van der Waals surface area contributed by atoms with E-state index < -0.39 is 11.9 Å². The quantitative estimate of drug-likeness (QED) is 0.889. The molecule has 3 rings (SSSR count). The van der Waals surface area contributed by atoms with Crippen LogP contribution in [0.2, 0.25) is 0 Å². The summed E-state index contributed by atoms with van der Waals surface area (Å²) in [5, 5.41) is 14.0. The van der Waals surface area contributed by atoms with E-state index in [0.717, 1.165) is 12.0 Å². The number of nitrogens with zero attached hydrogens (tertiary/aromatic N) is 1. The highest BCUT2D eigenvalue weighted by atomic mass is 32.1. The summed E-state index contributed by atoms with van der Waals surface area (Å²) in [5.74, 6) is -1.28. The summed E-state index contributed by atoms with van der Waals surface area (Å²) < 4.78 is 5.83. The van der Waals surface area contributed by atoms with E-state index in [1.165, 1.54) is 4.88 Å². The molecule has 2 aliphatic heterocycles. The molecule has 0 aromatic carbocycles. The minimum Gasteiger partial charge on any atom is -0.481 e. The van der Waals surface area contributed by atoms with Crippen molar-refractivity contribution in [1.29, 1.82) is 0 Å². The Balaban J connectivity index is 1.60. The molecule has 0 bridgehead atoms. The molecule has 2 aliphatic rings. The van der Waals surface area contributed by atoms with Crippen molar-refractivity contribution in [2.75, 3.05) is 19.7 Å². The predicted octanol–water partition coefficient (Wildman–Crippen LogP) is 1.87. The van der Waals surface area contributed by atoms with Crippen LogP contribution in [0.25, 0.3) is 0 Å². The summed E-state index contributed by atoms with van der Waals surface area (Å²) in [7, 11) is 0. The number of amides is 2. The molecule has 22 heavy (non-hydrogen) atoms. The molecule has 1 aromatic heterocycles. The van der Waals surface area contributed by atoms with Crippen molar-refractivity contribution in [2.45, 2.75) is 31.9 Å². The summed E-state index contributed by atoms with van der Waals surface area (Å²) in [5.41, 5.74) is 1.16. The van der Waals surface area contributed by atoms with Gasteiger partial charge >= 0.3 is 12.0 Å². The number of carbonyl (C=O) groups is 2. The molecule has 120 valence electrons. The average molecular weight is 324 g/mol. The number of hydrogen-bond donors (Lipinski definition) is 2. The van der Waals surface area contributed by atoms with Gasteiger partial charge in [0.2, 0.25) is 0 Å².